The number of aromatic nitrogens is 1. The van der Waals surface area contributed by atoms with E-state index in [1.807, 2.05) is 0 Å². The first-order chi connectivity index (χ1) is 7.77. The normalized spacial score (nSPS) is 17.3. The fraction of sp³-hybridized carbons (Fsp3) is 0.636. The van der Waals surface area contributed by atoms with Gasteiger partial charge < -0.3 is 15.1 Å². The van der Waals surface area contributed by atoms with Crippen LogP contribution in [0.25, 0.3) is 0 Å². The molecule has 1 amide bonds. The van der Waals surface area contributed by atoms with Gasteiger partial charge in [0.2, 0.25) is 5.76 Å². The summed E-state index contributed by atoms with van der Waals surface area (Å²) in [6.45, 7) is 4.58. The quantitative estimate of drug-likeness (QED) is 0.792. The van der Waals surface area contributed by atoms with E-state index in [2.05, 4.69) is 15.6 Å². The third-order valence-electron chi connectivity index (χ3n) is 2.96. The molecule has 1 fully saturated rings. The molecule has 1 aromatic rings. The topological polar surface area (TPSA) is 67.2 Å². The summed E-state index contributed by atoms with van der Waals surface area (Å²) < 4.78 is 5.03. The average molecular weight is 223 g/mol. The lowest BCUT2D eigenvalue weighted by Crippen LogP contribution is -2.36. The predicted octanol–water partition coefficient (Wildman–Crippen LogP) is 0.712. The minimum Gasteiger partial charge on any atom is -0.438 e. The number of amides is 1. The van der Waals surface area contributed by atoms with Gasteiger partial charge in [-0.1, -0.05) is 0 Å². The van der Waals surface area contributed by atoms with Crippen LogP contribution in [-0.4, -0.2) is 30.5 Å². The molecule has 0 radical (unpaired) electrons. The molecule has 5 heteroatoms. The molecule has 0 aromatic carbocycles. The molecule has 0 saturated carbocycles. The predicted molar refractivity (Wildman–Crippen MR) is 59.2 cm³/mol. The molecule has 0 atom stereocenters. The van der Waals surface area contributed by atoms with Crippen molar-refractivity contribution in [1.82, 2.24) is 15.6 Å². The Morgan fingerprint density at radius 1 is 1.62 bits per heavy atom. The fourth-order valence-corrected chi connectivity index (χ4v) is 1.92. The Labute approximate surface area is 94.6 Å². The highest BCUT2D eigenvalue weighted by Crippen LogP contribution is 2.11. The number of carbonyl (C=O) groups excluding carboxylic acids is 1. The molecule has 1 aromatic heterocycles. The van der Waals surface area contributed by atoms with Gasteiger partial charge in [0.1, 0.15) is 0 Å². The Morgan fingerprint density at radius 2 is 2.38 bits per heavy atom. The molecule has 1 aliphatic rings. The zero-order chi connectivity index (χ0) is 11.4. The van der Waals surface area contributed by atoms with Gasteiger partial charge in [-0.05, 0) is 38.8 Å². The third kappa shape index (κ3) is 2.61. The lowest BCUT2D eigenvalue weighted by Gasteiger charge is -2.22. The second-order valence-corrected chi connectivity index (χ2v) is 4.17. The molecule has 0 spiro atoms. The van der Waals surface area contributed by atoms with Crippen molar-refractivity contribution in [2.24, 2.45) is 5.92 Å². The Kier molecular flexibility index (Phi) is 3.56. The van der Waals surface area contributed by atoms with Crippen molar-refractivity contribution in [2.45, 2.75) is 19.8 Å². The van der Waals surface area contributed by atoms with E-state index in [1.165, 1.54) is 6.39 Å². The highest BCUT2D eigenvalue weighted by molar-refractivity contribution is 5.92. The van der Waals surface area contributed by atoms with Crippen LogP contribution in [0.2, 0.25) is 0 Å². The summed E-state index contributed by atoms with van der Waals surface area (Å²) in [7, 11) is 0. The highest BCUT2D eigenvalue weighted by Gasteiger charge is 2.17. The molecule has 5 nitrogen and oxygen atoms in total. The van der Waals surface area contributed by atoms with Crippen molar-refractivity contribution in [3.05, 3.63) is 17.8 Å². The molecule has 2 heterocycles. The van der Waals surface area contributed by atoms with Gasteiger partial charge in [0.25, 0.3) is 5.91 Å². The fourth-order valence-electron chi connectivity index (χ4n) is 1.92. The van der Waals surface area contributed by atoms with E-state index in [4.69, 9.17) is 4.42 Å². The molecule has 88 valence electrons. The van der Waals surface area contributed by atoms with Crippen molar-refractivity contribution in [3.63, 3.8) is 0 Å². The van der Waals surface area contributed by atoms with Crippen molar-refractivity contribution in [1.29, 1.82) is 0 Å². The first-order valence-corrected chi connectivity index (χ1v) is 5.66. The number of nitrogens with one attached hydrogen (secondary N) is 2. The second-order valence-electron chi connectivity index (χ2n) is 4.17. The van der Waals surface area contributed by atoms with E-state index in [1.54, 1.807) is 6.92 Å². The lowest BCUT2D eigenvalue weighted by atomic mass is 9.98. The van der Waals surface area contributed by atoms with Gasteiger partial charge in [0, 0.05) is 6.54 Å². The number of piperidine rings is 1. The summed E-state index contributed by atoms with van der Waals surface area (Å²) in [5.41, 5.74) is 0.641. The van der Waals surface area contributed by atoms with Crippen LogP contribution in [0, 0.1) is 12.8 Å². The number of nitrogens with zero attached hydrogens (tertiary/aromatic N) is 1. The summed E-state index contributed by atoms with van der Waals surface area (Å²) in [6, 6.07) is 0. The molecule has 1 aliphatic heterocycles. The number of carbonyl (C=O) groups is 1. The van der Waals surface area contributed by atoms with Crippen LogP contribution in [0.15, 0.2) is 10.8 Å². The number of oxazole rings is 1. The maximum Gasteiger partial charge on any atom is 0.289 e. The van der Waals surface area contributed by atoms with Gasteiger partial charge in [0.05, 0.1) is 5.69 Å². The third-order valence-corrected chi connectivity index (χ3v) is 2.96. The first kappa shape index (κ1) is 11.1. The van der Waals surface area contributed by atoms with Crippen LogP contribution in [-0.2, 0) is 0 Å². The zero-order valence-electron chi connectivity index (χ0n) is 9.45. The van der Waals surface area contributed by atoms with Crippen molar-refractivity contribution in [3.8, 4) is 0 Å². The summed E-state index contributed by atoms with van der Waals surface area (Å²) in [6.07, 6.45) is 3.54. The average Bonchev–Trinajstić information content (AvgIpc) is 2.74. The minimum absolute atomic E-state index is 0.159. The summed E-state index contributed by atoms with van der Waals surface area (Å²) in [5.74, 6) is 0.746. The Balaban J connectivity index is 1.81. The minimum atomic E-state index is -0.159. The lowest BCUT2D eigenvalue weighted by molar-refractivity contribution is 0.0915. The summed E-state index contributed by atoms with van der Waals surface area (Å²) in [5, 5.41) is 6.19. The van der Waals surface area contributed by atoms with E-state index in [0.29, 0.717) is 17.4 Å². The molecule has 0 unspecified atom stereocenters. The van der Waals surface area contributed by atoms with Gasteiger partial charge >= 0.3 is 0 Å². The monoisotopic (exact) mass is 223 g/mol. The van der Waals surface area contributed by atoms with Crippen LogP contribution in [0.4, 0.5) is 0 Å². The Hall–Kier alpha value is -1.36. The number of hydrogen-bond acceptors (Lipinski definition) is 4. The Bertz CT molecular complexity index is 356. The SMILES string of the molecule is Cc1ncoc1C(=O)NCC1CCNCC1. The molecular formula is C11H17N3O2. The van der Waals surface area contributed by atoms with Crippen molar-refractivity contribution < 1.29 is 9.21 Å². The van der Waals surface area contributed by atoms with Crippen LogP contribution in [0.1, 0.15) is 29.1 Å². The molecule has 16 heavy (non-hydrogen) atoms. The molecule has 1 saturated heterocycles. The number of hydrogen-bond donors (Lipinski definition) is 2. The van der Waals surface area contributed by atoms with E-state index in [0.717, 1.165) is 32.5 Å². The Morgan fingerprint density at radius 3 is 3.00 bits per heavy atom. The first-order valence-electron chi connectivity index (χ1n) is 5.66. The summed E-state index contributed by atoms with van der Waals surface area (Å²) >= 11 is 0. The zero-order valence-corrected chi connectivity index (χ0v) is 9.45. The number of rotatable bonds is 3. The molecular weight excluding hydrogens is 206 g/mol. The molecule has 0 aliphatic carbocycles. The molecule has 2 N–H and O–H groups in total. The van der Waals surface area contributed by atoms with E-state index in [9.17, 15) is 4.79 Å². The van der Waals surface area contributed by atoms with Gasteiger partial charge in [0.15, 0.2) is 6.39 Å². The van der Waals surface area contributed by atoms with Gasteiger partial charge in [-0.3, -0.25) is 4.79 Å². The largest absolute Gasteiger partial charge is 0.438 e. The van der Waals surface area contributed by atoms with E-state index >= 15 is 0 Å². The molecule has 0 bridgehead atoms. The maximum atomic E-state index is 11.7. The van der Waals surface area contributed by atoms with Crippen LogP contribution >= 0.6 is 0 Å². The molecule has 2 rings (SSSR count). The van der Waals surface area contributed by atoms with Crippen LogP contribution < -0.4 is 10.6 Å². The van der Waals surface area contributed by atoms with Gasteiger partial charge in [-0.25, -0.2) is 4.98 Å². The van der Waals surface area contributed by atoms with Crippen LogP contribution in [0.3, 0.4) is 0 Å². The second kappa shape index (κ2) is 5.12. The van der Waals surface area contributed by atoms with Gasteiger partial charge in [-0.2, -0.15) is 0 Å². The van der Waals surface area contributed by atoms with E-state index < -0.39 is 0 Å². The van der Waals surface area contributed by atoms with Crippen molar-refractivity contribution in [2.75, 3.05) is 19.6 Å². The highest BCUT2D eigenvalue weighted by atomic mass is 16.3. The number of aryl methyl sites for hydroxylation is 1. The van der Waals surface area contributed by atoms with Gasteiger partial charge in [-0.15, -0.1) is 0 Å². The smallest absolute Gasteiger partial charge is 0.289 e. The standard InChI is InChI=1S/C11H17N3O2/c1-8-10(16-7-14-8)11(15)13-6-9-2-4-12-5-3-9/h7,9,12H,2-6H2,1H3,(H,13,15). The van der Waals surface area contributed by atoms with E-state index in [-0.39, 0.29) is 5.91 Å². The summed E-state index contributed by atoms with van der Waals surface area (Å²) in [4.78, 5) is 15.6. The van der Waals surface area contributed by atoms with Crippen molar-refractivity contribution >= 4 is 5.91 Å². The van der Waals surface area contributed by atoms with Crippen LogP contribution in [0.5, 0.6) is 0 Å². The maximum absolute atomic E-state index is 11.7.